The number of aliphatic hydroxyl groups excluding tert-OH is 1. The van der Waals surface area contributed by atoms with Gasteiger partial charge in [-0.1, -0.05) is 30.6 Å². The van der Waals surface area contributed by atoms with Gasteiger partial charge in [0.25, 0.3) is 0 Å². The molecule has 0 rings (SSSR count). The van der Waals surface area contributed by atoms with Crippen LogP contribution in [0.1, 0.15) is 0 Å². The maximum atomic E-state index is 8.13. The summed E-state index contributed by atoms with van der Waals surface area (Å²) < 4.78 is 0. The second-order valence-electron chi connectivity index (χ2n) is 1.07. The highest BCUT2D eigenvalue weighted by molar-refractivity contribution is 5.18. The Labute approximate surface area is 49.3 Å². The lowest BCUT2D eigenvalue weighted by Crippen LogP contribution is -1.67. The van der Waals surface area contributed by atoms with E-state index in [-0.39, 0.29) is 6.61 Å². The molecule has 1 N–H and O–H groups in total. The zero-order chi connectivity index (χ0) is 6.24. The Balaban J connectivity index is 3.40. The SMILES string of the molecule is C=CC=CC#CCO. The first-order valence-corrected chi connectivity index (χ1v) is 2.28. The van der Waals surface area contributed by atoms with Gasteiger partial charge >= 0.3 is 0 Å². The van der Waals surface area contributed by atoms with Crippen molar-refractivity contribution in [2.75, 3.05) is 6.61 Å². The lowest BCUT2D eigenvalue weighted by molar-refractivity contribution is 0.350. The number of allylic oxidation sites excluding steroid dienone is 3. The minimum Gasteiger partial charge on any atom is -0.384 e. The van der Waals surface area contributed by atoms with Crippen LogP contribution in [0.15, 0.2) is 24.8 Å². The molecule has 0 unspecified atom stereocenters. The van der Waals surface area contributed by atoms with Crippen LogP contribution in [0.2, 0.25) is 0 Å². The third-order valence-electron chi connectivity index (χ3n) is 0.497. The molecule has 0 aliphatic heterocycles. The van der Waals surface area contributed by atoms with E-state index in [2.05, 4.69) is 18.4 Å². The highest BCUT2D eigenvalue weighted by Crippen LogP contribution is 1.67. The van der Waals surface area contributed by atoms with Crippen molar-refractivity contribution in [3.63, 3.8) is 0 Å². The van der Waals surface area contributed by atoms with Crippen molar-refractivity contribution in [1.29, 1.82) is 0 Å². The first-order valence-electron chi connectivity index (χ1n) is 2.28. The average molecular weight is 108 g/mol. The van der Waals surface area contributed by atoms with Gasteiger partial charge in [-0.3, -0.25) is 0 Å². The van der Waals surface area contributed by atoms with E-state index in [0.29, 0.717) is 0 Å². The summed E-state index contributed by atoms with van der Waals surface area (Å²) in [5.41, 5.74) is 0. The monoisotopic (exact) mass is 108 g/mol. The molecule has 8 heavy (non-hydrogen) atoms. The lowest BCUT2D eigenvalue weighted by Gasteiger charge is -1.65. The summed E-state index contributed by atoms with van der Waals surface area (Å²) in [5.74, 6) is 5.04. The molecule has 0 aromatic carbocycles. The summed E-state index contributed by atoms with van der Waals surface area (Å²) >= 11 is 0. The molecular weight excluding hydrogens is 100 g/mol. The largest absolute Gasteiger partial charge is 0.384 e. The Bertz CT molecular complexity index is 134. The van der Waals surface area contributed by atoms with Crippen LogP contribution in [-0.4, -0.2) is 11.7 Å². The second kappa shape index (κ2) is 6.00. The third kappa shape index (κ3) is 5.00. The Morgan fingerprint density at radius 1 is 1.62 bits per heavy atom. The fourth-order valence-electron chi connectivity index (χ4n) is 0.221. The quantitative estimate of drug-likeness (QED) is 0.387. The zero-order valence-electron chi connectivity index (χ0n) is 4.59. The van der Waals surface area contributed by atoms with Crippen molar-refractivity contribution in [3.05, 3.63) is 24.8 Å². The zero-order valence-corrected chi connectivity index (χ0v) is 4.59. The molecule has 1 nitrogen and oxygen atoms in total. The van der Waals surface area contributed by atoms with E-state index in [4.69, 9.17) is 5.11 Å². The highest BCUT2D eigenvalue weighted by Gasteiger charge is 1.56. The van der Waals surface area contributed by atoms with Crippen molar-refractivity contribution in [3.8, 4) is 11.8 Å². The van der Waals surface area contributed by atoms with Crippen molar-refractivity contribution in [2.45, 2.75) is 0 Å². The van der Waals surface area contributed by atoms with Crippen LogP contribution in [-0.2, 0) is 0 Å². The fourth-order valence-corrected chi connectivity index (χ4v) is 0.221. The maximum Gasteiger partial charge on any atom is 0.104 e. The van der Waals surface area contributed by atoms with Crippen molar-refractivity contribution < 1.29 is 5.11 Å². The standard InChI is InChI=1S/C7H8O/c1-2-3-4-5-6-7-8/h2-4,8H,1,7H2. The molecule has 0 spiro atoms. The van der Waals surface area contributed by atoms with E-state index >= 15 is 0 Å². The van der Waals surface area contributed by atoms with Crippen LogP contribution in [0.25, 0.3) is 0 Å². The molecule has 1 heteroatoms. The van der Waals surface area contributed by atoms with Crippen LogP contribution in [0.4, 0.5) is 0 Å². The molecule has 0 fully saturated rings. The van der Waals surface area contributed by atoms with E-state index in [1.165, 1.54) is 0 Å². The average Bonchev–Trinajstić information content (AvgIpc) is 1.81. The number of hydrogen-bond donors (Lipinski definition) is 1. The topological polar surface area (TPSA) is 20.2 Å². The summed E-state index contributed by atoms with van der Waals surface area (Å²) in [6, 6.07) is 0. The minimum atomic E-state index is -0.0819. The lowest BCUT2D eigenvalue weighted by atomic mass is 10.5. The van der Waals surface area contributed by atoms with Crippen LogP contribution in [0, 0.1) is 11.8 Å². The van der Waals surface area contributed by atoms with E-state index < -0.39 is 0 Å². The molecule has 0 aliphatic carbocycles. The predicted molar refractivity (Wildman–Crippen MR) is 34.2 cm³/mol. The van der Waals surface area contributed by atoms with Gasteiger partial charge in [-0.15, -0.1) is 0 Å². The first kappa shape index (κ1) is 7.00. The van der Waals surface area contributed by atoms with Crippen LogP contribution in [0.3, 0.4) is 0 Å². The molecule has 0 saturated carbocycles. The molecular formula is C7H8O. The Morgan fingerprint density at radius 2 is 2.38 bits per heavy atom. The molecule has 0 aliphatic rings. The van der Waals surface area contributed by atoms with Crippen LogP contribution in [0.5, 0.6) is 0 Å². The number of hydrogen-bond acceptors (Lipinski definition) is 1. The van der Waals surface area contributed by atoms with Gasteiger partial charge in [0.15, 0.2) is 0 Å². The van der Waals surface area contributed by atoms with Crippen molar-refractivity contribution in [2.24, 2.45) is 0 Å². The Morgan fingerprint density at radius 3 is 2.88 bits per heavy atom. The number of aliphatic hydroxyl groups is 1. The first-order chi connectivity index (χ1) is 3.91. The predicted octanol–water partition coefficient (Wildman–Crippen LogP) is 0.724. The van der Waals surface area contributed by atoms with Gasteiger partial charge in [0.05, 0.1) is 0 Å². The van der Waals surface area contributed by atoms with E-state index in [0.717, 1.165) is 0 Å². The molecule has 0 bridgehead atoms. The minimum absolute atomic E-state index is 0.0819. The summed E-state index contributed by atoms with van der Waals surface area (Å²) in [6.45, 7) is 3.36. The van der Waals surface area contributed by atoms with Gasteiger partial charge in [0, 0.05) is 0 Å². The molecule has 0 aromatic rings. The Kier molecular flexibility index (Phi) is 5.25. The van der Waals surface area contributed by atoms with Gasteiger partial charge in [-0.2, -0.15) is 0 Å². The van der Waals surface area contributed by atoms with Gasteiger partial charge in [0.2, 0.25) is 0 Å². The highest BCUT2D eigenvalue weighted by atomic mass is 16.2. The summed E-state index contributed by atoms with van der Waals surface area (Å²) in [6.07, 6.45) is 4.97. The Hall–Kier alpha value is -1.00. The molecule has 0 radical (unpaired) electrons. The normalized spacial score (nSPS) is 8.12. The molecule has 42 valence electrons. The molecule has 0 aromatic heterocycles. The summed E-state index contributed by atoms with van der Waals surface area (Å²) in [5, 5.41) is 8.13. The third-order valence-corrected chi connectivity index (χ3v) is 0.497. The molecule has 0 saturated heterocycles. The van der Waals surface area contributed by atoms with Crippen molar-refractivity contribution in [1.82, 2.24) is 0 Å². The van der Waals surface area contributed by atoms with Crippen LogP contribution < -0.4 is 0 Å². The van der Waals surface area contributed by atoms with E-state index in [1.807, 2.05) is 0 Å². The van der Waals surface area contributed by atoms with Gasteiger partial charge < -0.3 is 5.11 Å². The summed E-state index contributed by atoms with van der Waals surface area (Å²) in [4.78, 5) is 0. The second-order valence-corrected chi connectivity index (χ2v) is 1.07. The van der Waals surface area contributed by atoms with E-state index in [9.17, 15) is 0 Å². The summed E-state index contributed by atoms with van der Waals surface area (Å²) in [7, 11) is 0. The maximum absolute atomic E-state index is 8.13. The molecule has 0 heterocycles. The van der Waals surface area contributed by atoms with Gasteiger partial charge in [-0.05, 0) is 6.08 Å². The number of rotatable bonds is 1. The fraction of sp³-hybridized carbons (Fsp3) is 0.143. The van der Waals surface area contributed by atoms with Crippen molar-refractivity contribution >= 4 is 0 Å². The molecule has 0 atom stereocenters. The van der Waals surface area contributed by atoms with Crippen LogP contribution >= 0.6 is 0 Å². The smallest absolute Gasteiger partial charge is 0.104 e. The van der Waals surface area contributed by atoms with E-state index in [1.54, 1.807) is 18.2 Å². The van der Waals surface area contributed by atoms with Gasteiger partial charge in [-0.25, -0.2) is 0 Å². The molecule has 0 amide bonds. The van der Waals surface area contributed by atoms with Gasteiger partial charge in [0.1, 0.15) is 6.61 Å².